The molecule has 4 nitrogen and oxygen atoms in total. The molecule has 0 saturated carbocycles. The molecule has 4 heteroatoms. The topological polar surface area (TPSA) is 49.4 Å². The summed E-state index contributed by atoms with van der Waals surface area (Å²) in [6.45, 7) is 6.51. The number of carbonyl (C=O) groups excluding carboxylic acids is 2. The van der Waals surface area contributed by atoms with Gasteiger partial charge in [-0.2, -0.15) is 0 Å². The van der Waals surface area contributed by atoms with Crippen LogP contribution in [0, 0.1) is 5.92 Å². The van der Waals surface area contributed by atoms with Gasteiger partial charge in [0.15, 0.2) is 0 Å². The number of carbonyl (C=O) groups is 2. The first-order valence-electron chi connectivity index (χ1n) is 9.15. The number of amides is 2. The molecule has 2 aromatic rings. The Morgan fingerprint density at radius 2 is 1.42 bits per heavy atom. The minimum atomic E-state index is -0.513. The zero-order valence-corrected chi connectivity index (χ0v) is 15.8. The Bertz CT molecular complexity index is 699. The van der Waals surface area contributed by atoms with Crippen molar-refractivity contribution in [2.24, 2.45) is 5.92 Å². The molecule has 1 atom stereocenters. The van der Waals surface area contributed by atoms with E-state index in [0.717, 1.165) is 12.0 Å². The van der Waals surface area contributed by atoms with Gasteiger partial charge in [-0.15, -0.1) is 0 Å². The second-order valence-electron chi connectivity index (χ2n) is 6.81. The Hall–Kier alpha value is -2.62. The third-order valence-electron chi connectivity index (χ3n) is 4.38. The van der Waals surface area contributed by atoms with E-state index in [1.165, 1.54) is 5.56 Å². The molecule has 0 aromatic heterocycles. The van der Waals surface area contributed by atoms with Crippen LogP contribution in [0.5, 0.6) is 0 Å². The highest BCUT2D eigenvalue weighted by atomic mass is 16.2. The molecule has 0 fully saturated rings. The van der Waals surface area contributed by atoms with Crippen LogP contribution in [0.4, 0.5) is 0 Å². The van der Waals surface area contributed by atoms with Gasteiger partial charge in [-0.05, 0) is 24.5 Å². The Morgan fingerprint density at radius 3 is 1.96 bits per heavy atom. The van der Waals surface area contributed by atoms with Gasteiger partial charge in [0.05, 0.1) is 0 Å². The maximum atomic E-state index is 12.6. The molecule has 0 bridgehead atoms. The van der Waals surface area contributed by atoms with Gasteiger partial charge in [-0.25, -0.2) is 0 Å². The van der Waals surface area contributed by atoms with Gasteiger partial charge >= 0.3 is 0 Å². The van der Waals surface area contributed by atoms with Crippen molar-refractivity contribution < 1.29 is 9.59 Å². The molecule has 26 heavy (non-hydrogen) atoms. The van der Waals surface area contributed by atoms with E-state index < -0.39 is 6.04 Å². The lowest BCUT2D eigenvalue weighted by molar-refractivity contribution is -0.143. The van der Waals surface area contributed by atoms with Gasteiger partial charge in [0, 0.05) is 19.0 Å². The second kappa shape index (κ2) is 9.76. The van der Waals surface area contributed by atoms with E-state index in [2.05, 4.69) is 5.32 Å². The van der Waals surface area contributed by atoms with Crippen LogP contribution < -0.4 is 5.32 Å². The fraction of sp³-hybridized carbons (Fsp3) is 0.364. The standard InChI is InChI=1S/C22H28N2O2/c1-17(2)22(26)24(16-20-12-8-5-9-13-20)18(3)21(25)23-15-14-19-10-6-4-7-11-19/h4-13,17-18H,14-16H2,1-3H3,(H,23,25)/t18-/m0/s1. The van der Waals surface area contributed by atoms with Crippen LogP contribution in [0.2, 0.25) is 0 Å². The van der Waals surface area contributed by atoms with Gasteiger partial charge < -0.3 is 10.2 Å². The Kier molecular flexibility index (Phi) is 7.39. The monoisotopic (exact) mass is 352 g/mol. The zero-order chi connectivity index (χ0) is 18.9. The molecule has 0 aliphatic heterocycles. The summed E-state index contributed by atoms with van der Waals surface area (Å²) in [5, 5.41) is 2.96. The van der Waals surface area contributed by atoms with Crippen molar-refractivity contribution in [2.45, 2.75) is 39.8 Å². The quantitative estimate of drug-likeness (QED) is 0.791. The average Bonchev–Trinajstić information content (AvgIpc) is 2.66. The maximum absolute atomic E-state index is 12.6. The number of hydrogen-bond acceptors (Lipinski definition) is 2. The van der Waals surface area contributed by atoms with E-state index in [4.69, 9.17) is 0 Å². The number of nitrogens with zero attached hydrogens (tertiary/aromatic N) is 1. The highest BCUT2D eigenvalue weighted by Crippen LogP contribution is 2.13. The molecule has 138 valence electrons. The van der Waals surface area contributed by atoms with Crippen LogP contribution in [-0.4, -0.2) is 29.3 Å². The maximum Gasteiger partial charge on any atom is 0.242 e. The summed E-state index contributed by atoms with van der Waals surface area (Å²) in [4.78, 5) is 26.9. The van der Waals surface area contributed by atoms with Crippen molar-refractivity contribution >= 4 is 11.8 Å². The fourth-order valence-corrected chi connectivity index (χ4v) is 2.78. The Labute approximate surface area is 156 Å². The van der Waals surface area contributed by atoms with Gasteiger partial charge in [-0.1, -0.05) is 74.5 Å². The summed E-state index contributed by atoms with van der Waals surface area (Å²) in [5.41, 5.74) is 2.20. The highest BCUT2D eigenvalue weighted by molar-refractivity contribution is 5.88. The number of benzene rings is 2. The van der Waals surface area contributed by atoms with Crippen LogP contribution in [0.25, 0.3) is 0 Å². The molecular weight excluding hydrogens is 324 g/mol. The normalized spacial score (nSPS) is 11.8. The highest BCUT2D eigenvalue weighted by Gasteiger charge is 2.27. The second-order valence-corrected chi connectivity index (χ2v) is 6.81. The predicted molar refractivity (Wildman–Crippen MR) is 104 cm³/mol. The molecular formula is C22H28N2O2. The molecule has 0 spiro atoms. The lowest BCUT2D eigenvalue weighted by Gasteiger charge is -2.30. The minimum absolute atomic E-state index is 0.0143. The first kappa shape index (κ1) is 19.7. The third kappa shape index (κ3) is 5.73. The number of nitrogens with one attached hydrogen (secondary N) is 1. The zero-order valence-electron chi connectivity index (χ0n) is 15.8. The van der Waals surface area contributed by atoms with Crippen molar-refractivity contribution in [3.8, 4) is 0 Å². The van der Waals surface area contributed by atoms with E-state index in [0.29, 0.717) is 13.1 Å². The van der Waals surface area contributed by atoms with Crippen LogP contribution in [-0.2, 0) is 22.6 Å². The lowest BCUT2D eigenvalue weighted by Crippen LogP contribution is -2.49. The molecule has 0 radical (unpaired) electrons. The molecule has 0 heterocycles. The molecule has 2 rings (SSSR count). The van der Waals surface area contributed by atoms with E-state index in [9.17, 15) is 9.59 Å². The van der Waals surface area contributed by atoms with Gasteiger partial charge in [0.25, 0.3) is 0 Å². The van der Waals surface area contributed by atoms with Gasteiger partial charge in [0.2, 0.25) is 11.8 Å². The van der Waals surface area contributed by atoms with E-state index in [1.807, 2.05) is 74.5 Å². The van der Waals surface area contributed by atoms with Crippen molar-refractivity contribution in [1.82, 2.24) is 10.2 Å². The van der Waals surface area contributed by atoms with E-state index in [-0.39, 0.29) is 17.7 Å². The minimum Gasteiger partial charge on any atom is -0.354 e. The molecule has 0 unspecified atom stereocenters. The molecule has 2 amide bonds. The summed E-state index contributed by atoms with van der Waals surface area (Å²) in [5.74, 6) is -0.288. The molecule has 0 aliphatic rings. The van der Waals surface area contributed by atoms with Crippen molar-refractivity contribution in [1.29, 1.82) is 0 Å². The summed E-state index contributed by atoms with van der Waals surface area (Å²) in [7, 11) is 0. The lowest BCUT2D eigenvalue weighted by atomic mass is 10.1. The molecule has 1 N–H and O–H groups in total. The Balaban J connectivity index is 1.98. The summed E-state index contributed by atoms with van der Waals surface area (Å²) in [6, 6.07) is 19.3. The van der Waals surface area contributed by atoms with E-state index in [1.54, 1.807) is 11.8 Å². The first-order valence-corrected chi connectivity index (χ1v) is 9.15. The summed E-state index contributed by atoms with van der Waals surface area (Å²) < 4.78 is 0. The molecule has 2 aromatic carbocycles. The number of rotatable bonds is 8. The van der Waals surface area contributed by atoms with Crippen LogP contribution in [0.15, 0.2) is 60.7 Å². The average molecular weight is 352 g/mol. The smallest absolute Gasteiger partial charge is 0.242 e. The third-order valence-corrected chi connectivity index (χ3v) is 4.38. The van der Waals surface area contributed by atoms with Crippen molar-refractivity contribution in [3.63, 3.8) is 0 Å². The van der Waals surface area contributed by atoms with Gasteiger partial charge in [-0.3, -0.25) is 9.59 Å². The number of hydrogen-bond donors (Lipinski definition) is 1. The predicted octanol–water partition coefficient (Wildman–Crippen LogP) is 3.42. The van der Waals surface area contributed by atoms with Crippen LogP contribution >= 0.6 is 0 Å². The van der Waals surface area contributed by atoms with E-state index >= 15 is 0 Å². The first-order chi connectivity index (χ1) is 12.5. The van der Waals surface area contributed by atoms with Crippen molar-refractivity contribution in [3.05, 3.63) is 71.8 Å². The van der Waals surface area contributed by atoms with Crippen LogP contribution in [0.1, 0.15) is 31.9 Å². The molecule has 0 aliphatic carbocycles. The Morgan fingerprint density at radius 1 is 0.885 bits per heavy atom. The largest absolute Gasteiger partial charge is 0.354 e. The van der Waals surface area contributed by atoms with Crippen LogP contribution in [0.3, 0.4) is 0 Å². The fourth-order valence-electron chi connectivity index (χ4n) is 2.78. The van der Waals surface area contributed by atoms with Gasteiger partial charge in [0.1, 0.15) is 6.04 Å². The van der Waals surface area contributed by atoms with Crippen molar-refractivity contribution in [2.75, 3.05) is 6.54 Å². The summed E-state index contributed by atoms with van der Waals surface area (Å²) in [6.07, 6.45) is 0.774. The summed E-state index contributed by atoms with van der Waals surface area (Å²) >= 11 is 0. The SMILES string of the molecule is CC(C)C(=O)N(Cc1ccccc1)[C@@H](C)C(=O)NCCc1ccccc1. The molecule has 0 saturated heterocycles.